The normalized spacial score (nSPS) is 11.3. The van der Waals surface area contributed by atoms with E-state index < -0.39 is 14.2 Å². The third-order valence-electron chi connectivity index (χ3n) is 2.65. The summed E-state index contributed by atoms with van der Waals surface area (Å²) < 4.78 is 29.5. The Morgan fingerprint density at radius 1 is 1.05 bits per heavy atom. The van der Waals surface area contributed by atoms with Crippen molar-refractivity contribution in [3.05, 3.63) is 59.0 Å². The van der Waals surface area contributed by atoms with Gasteiger partial charge in [0.25, 0.3) is 0 Å². The Labute approximate surface area is 122 Å². The van der Waals surface area contributed by atoms with E-state index in [-0.39, 0.29) is 4.35 Å². The van der Waals surface area contributed by atoms with Crippen LogP contribution in [0.15, 0.2) is 64.1 Å². The third-order valence-corrected chi connectivity index (χ3v) is 4.69. The molecule has 0 aliphatic rings. The number of nitrogens with zero attached hydrogens (tertiary/aromatic N) is 5. The second kappa shape index (κ2) is 6.39. The molecule has 0 aliphatic carbocycles. The van der Waals surface area contributed by atoms with Gasteiger partial charge in [-0.1, -0.05) is 0 Å². The number of azide groups is 1. The minimum atomic E-state index is -4.88. The van der Waals surface area contributed by atoms with Crippen molar-refractivity contribution >= 4 is 24.2 Å². The molecule has 2 N–H and O–H groups in total. The van der Waals surface area contributed by atoms with E-state index in [0.717, 1.165) is 5.56 Å². The molecule has 2 aromatic carbocycles. The Morgan fingerprint density at radius 3 is 2.33 bits per heavy atom. The Bertz CT molecular complexity index is 763. The van der Waals surface area contributed by atoms with Gasteiger partial charge in [0.1, 0.15) is 0 Å². The summed E-state index contributed by atoms with van der Waals surface area (Å²) in [5.74, 6) is 0. The molecule has 8 nitrogen and oxygen atoms in total. The van der Waals surface area contributed by atoms with Crippen molar-refractivity contribution in [2.24, 2.45) is 15.6 Å². The van der Waals surface area contributed by atoms with Crippen LogP contribution in [0.2, 0.25) is 0 Å². The molecule has 0 unspecified atom stereocenters. The summed E-state index contributed by atoms with van der Waals surface area (Å²) in [5.41, 5.74) is 10.1. The topological polar surface area (TPSA) is 131 Å². The van der Waals surface area contributed by atoms with Crippen LogP contribution in [0.5, 0.6) is 0 Å². The Balaban J connectivity index is 2.43. The molecule has 0 saturated carbocycles. The van der Waals surface area contributed by atoms with Crippen molar-refractivity contribution in [2.45, 2.75) is 0 Å². The van der Waals surface area contributed by atoms with Gasteiger partial charge in [-0.05, 0) is 0 Å². The zero-order valence-electron chi connectivity index (χ0n) is 10.6. The van der Waals surface area contributed by atoms with E-state index in [9.17, 15) is 3.74 Å². The van der Waals surface area contributed by atoms with E-state index >= 15 is 0 Å². The van der Waals surface area contributed by atoms with Crippen LogP contribution in [-0.4, -0.2) is 22.4 Å². The summed E-state index contributed by atoms with van der Waals surface area (Å²) in [6.45, 7) is 0. The average molecular weight is 347 g/mol. The number of rotatable bonds is 4. The molecule has 0 bridgehead atoms. The molecule has 2 rings (SSSR count). The van der Waals surface area contributed by atoms with Crippen LogP contribution < -0.4 is 4.35 Å². The quantitative estimate of drug-likeness (QED) is 0.289. The van der Waals surface area contributed by atoms with Gasteiger partial charge in [-0.3, -0.25) is 0 Å². The van der Waals surface area contributed by atoms with Crippen molar-refractivity contribution in [3.63, 3.8) is 0 Å². The average Bonchev–Trinajstić information content (AvgIpc) is 2.47. The Kier molecular flexibility index (Phi) is 4.57. The molecule has 106 valence electrons. The molecule has 0 amide bonds. The summed E-state index contributed by atoms with van der Waals surface area (Å²) in [6, 6.07) is 13.0. The van der Waals surface area contributed by atoms with Gasteiger partial charge in [0.05, 0.1) is 0 Å². The van der Waals surface area contributed by atoms with Crippen molar-refractivity contribution < 1.29 is 11.9 Å². The standard InChI is InChI=1S/C12H10AsN5O3/c14-16-18-17-15-12-4-2-1-3-11(12)9-5-7-10(8-6-9)13(19,20)21/h1-8H,(H2,19,20,21). The van der Waals surface area contributed by atoms with E-state index in [0.29, 0.717) is 11.3 Å². The first-order chi connectivity index (χ1) is 10.0. The predicted octanol–water partition coefficient (Wildman–Crippen LogP) is 2.22. The SMILES string of the molecule is [N-]=[N+]=NN=Nc1ccccc1-c1ccc([As](=O)(O)O)cc1. The van der Waals surface area contributed by atoms with Crippen molar-refractivity contribution in [1.82, 2.24) is 0 Å². The first kappa shape index (κ1) is 15.0. The molecule has 0 spiro atoms. The van der Waals surface area contributed by atoms with Crippen LogP contribution in [0, 0.1) is 0 Å². The van der Waals surface area contributed by atoms with E-state index in [2.05, 4.69) is 20.5 Å². The van der Waals surface area contributed by atoms with Gasteiger partial charge in [0.2, 0.25) is 0 Å². The Hall–Kier alpha value is -2.37. The molecule has 0 fully saturated rings. The third kappa shape index (κ3) is 3.81. The van der Waals surface area contributed by atoms with E-state index in [4.69, 9.17) is 13.7 Å². The van der Waals surface area contributed by atoms with E-state index in [1.807, 2.05) is 0 Å². The summed E-state index contributed by atoms with van der Waals surface area (Å²) in [5, 5.41) is 10.1. The van der Waals surface area contributed by atoms with Crippen molar-refractivity contribution in [2.75, 3.05) is 0 Å². The minimum absolute atomic E-state index is 0.00469. The first-order valence-electron chi connectivity index (χ1n) is 5.73. The second-order valence-corrected chi connectivity index (χ2v) is 7.34. The van der Waals surface area contributed by atoms with Crippen LogP contribution in [0.1, 0.15) is 0 Å². The monoisotopic (exact) mass is 347 g/mol. The van der Waals surface area contributed by atoms with E-state index in [1.165, 1.54) is 12.1 Å². The summed E-state index contributed by atoms with van der Waals surface area (Å²) >= 11 is -4.88. The molecule has 9 heteroatoms. The maximum atomic E-state index is 11.2. The van der Waals surface area contributed by atoms with Crippen LogP contribution in [-0.2, 0) is 3.74 Å². The van der Waals surface area contributed by atoms with Gasteiger partial charge in [0.15, 0.2) is 0 Å². The number of benzene rings is 2. The number of hydrogen-bond acceptors (Lipinski definition) is 2. The zero-order valence-corrected chi connectivity index (χ0v) is 12.5. The Morgan fingerprint density at radius 2 is 1.71 bits per heavy atom. The maximum absolute atomic E-state index is 11.2. The molecule has 21 heavy (non-hydrogen) atoms. The molecular weight excluding hydrogens is 337 g/mol. The van der Waals surface area contributed by atoms with Crippen LogP contribution in [0.3, 0.4) is 0 Å². The van der Waals surface area contributed by atoms with Crippen LogP contribution in [0.25, 0.3) is 21.6 Å². The van der Waals surface area contributed by atoms with Gasteiger partial charge in [-0.2, -0.15) is 0 Å². The summed E-state index contributed by atoms with van der Waals surface area (Å²) in [4.78, 5) is 2.47. The molecule has 0 aromatic heterocycles. The summed E-state index contributed by atoms with van der Waals surface area (Å²) in [7, 11) is 0. The van der Waals surface area contributed by atoms with Gasteiger partial charge in [-0.15, -0.1) is 0 Å². The molecular formula is C12H10AsN5O3. The fraction of sp³-hybridized carbons (Fsp3) is 0. The van der Waals surface area contributed by atoms with Crippen molar-refractivity contribution in [3.8, 4) is 11.1 Å². The second-order valence-electron chi connectivity index (χ2n) is 3.98. The number of hydrogen-bond donors (Lipinski definition) is 2. The van der Waals surface area contributed by atoms with E-state index in [1.54, 1.807) is 36.4 Å². The first-order valence-corrected chi connectivity index (χ1v) is 9.11. The molecule has 0 saturated heterocycles. The van der Waals surface area contributed by atoms with Gasteiger partial charge < -0.3 is 0 Å². The van der Waals surface area contributed by atoms with Gasteiger partial charge in [0, 0.05) is 0 Å². The van der Waals surface area contributed by atoms with Crippen LogP contribution >= 0.6 is 0 Å². The molecule has 2 aromatic rings. The summed E-state index contributed by atoms with van der Waals surface area (Å²) in [6.07, 6.45) is 0. The molecule has 0 radical (unpaired) electrons. The van der Waals surface area contributed by atoms with Crippen molar-refractivity contribution in [1.29, 1.82) is 0 Å². The predicted molar refractivity (Wildman–Crippen MR) is 76.1 cm³/mol. The zero-order chi connectivity index (χ0) is 15.3. The van der Waals surface area contributed by atoms with Gasteiger partial charge in [-0.25, -0.2) is 0 Å². The van der Waals surface area contributed by atoms with Crippen LogP contribution in [0.4, 0.5) is 5.69 Å². The molecule has 0 heterocycles. The fourth-order valence-electron chi connectivity index (χ4n) is 1.73. The van der Waals surface area contributed by atoms with Gasteiger partial charge >= 0.3 is 122 Å². The fourth-order valence-corrected chi connectivity index (χ4v) is 2.85. The molecule has 0 atom stereocenters. The molecule has 0 aliphatic heterocycles.